The molecule has 110 valence electrons. The molecule has 7 nitrogen and oxygen atoms in total. The van der Waals surface area contributed by atoms with Gasteiger partial charge in [-0.15, -0.1) is 0 Å². The maximum absolute atomic E-state index is 11.9. The Balaban J connectivity index is 2.25. The molecule has 0 aromatic rings. The molecule has 0 spiro atoms. The molecule has 7 heteroatoms. The van der Waals surface area contributed by atoms with Gasteiger partial charge < -0.3 is 19.3 Å². The smallest absolute Gasteiger partial charge is 0.330 e. The van der Waals surface area contributed by atoms with Gasteiger partial charge in [0.2, 0.25) is 0 Å². The molecule has 0 unspecified atom stereocenters. The minimum atomic E-state index is -0.509. The van der Waals surface area contributed by atoms with Crippen molar-refractivity contribution in [2.75, 3.05) is 39.4 Å². The number of nitrogens with zero attached hydrogens (tertiary/aromatic N) is 2. The van der Waals surface area contributed by atoms with E-state index in [1.54, 1.807) is 9.80 Å². The summed E-state index contributed by atoms with van der Waals surface area (Å²) in [6, 6.07) is -0.158. The molecule has 0 N–H and O–H groups in total. The van der Waals surface area contributed by atoms with E-state index in [-0.39, 0.29) is 19.2 Å². The Kier molecular flexibility index (Phi) is 6.28. The highest BCUT2D eigenvalue weighted by Crippen LogP contribution is 2.07. The zero-order chi connectivity index (χ0) is 15.0. The van der Waals surface area contributed by atoms with E-state index in [1.165, 1.54) is 0 Å². The molecule has 1 aliphatic rings. The molecule has 1 aliphatic heterocycles. The van der Waals surface area contributed by atoms with E-state index in [1.807, 2.05) is 0 Å². The zero-order valence-electron chi connectivity index (χ0n) is 11.2. The van der Waals surface area contributed by atoms with Crippen molar-refractivity contribution in [1.82, 2.24) is 9.80 Å². The Morgan fingerprint density at radius 1 is 1.00 bits per heavy atom. The van der Waals surface area contributed by atoms with Crippen LogP contribution in [0.1, 0.15) is 0 Å². The predicted octanol–water partition coefficient (Wildman–Crippen LogP) is 0.182. The lowest BCUT2D eigenvalue weighted by Gasteiger charge is -2.18. The van der Waals surface area contributed by atoms with Crippen molar-refractivity contribution in [3.8, 4) is 0 Å². The second-order valence-corrected chi connectivity index (χ2v) is 4.00. The number of carbonyl (C=O) groups is 3. The highest BCUT2D eigenvalue weighted by Gasteiger charge is 2.27. The van der Waals surface area contributed by atoms with Crippen molar-refractivity contribution in [3.05, 3.63) is 25.3 Å². The Hall–Kier alpha value is -2.31. The molecular formula is C13H18N2O5. The zero-order valence-corrected chi connectivity index (χ0v) is 11.2. The normalized spacial score (nSPS) is 14.1. The summed E-state index contributed by atoms with van der Waals surface area (Å²) in [6.45, 7) is 8.61. The molecule has 1 heterocycles. The number of amides is 2. The van der Waals surface area contributed by atoms with E-state index in [0.717, 1.165) is 12.2 Å². The van der Waals surface area contributed by atoms with Crippen LogP contribution in [0.4, 0.5) is 4.79 Å². The first-order chi connectivity index (χ1) is 9.58. The fraction of sp³-hybridized carbons (Fsp3) is 0.462. The highest BCUT2D eigenvalue weighted by molar-refractivity contribution is 5.81. The van der Waals surface area contributed by atoms with Crippen LogP contribution in [0.15, 0.2) is 25.3 Å². The molecule has 0 bridgehead atoms. The fourth-order valence-corrected chi connectivity index (χ4v) is 1.68. The first-order valence-electron chi connectivity index (χ1n) is 6.20. The van der Waals surface area contributed by atoms with Crippen LogP contribution in [0.25, 0.3) is 0 Å². The molecule has 1 saturated heterocycles. The number of esters is 2. The summed E-state index contributed by atoms with van der Waals surface area (Å²) in [5.41, 5.74) is 0. The number of rotatable bonds is 8. The van der Waals surface area contributed by atoms with E-state index < -0.39 is 11.9 Å². The Labute approximate surface area is 117 Å². The van der Waals surface area contributed by atoms with Crippen LogP contribution in [0, 0.1) is 0 Å². The number of hydrogen-bond acceptors (Lipinski definition) is 5. The Morgan fingerprint density at radius 3 is 1.75 bits per heavy atom. The molecule has 0 aliphatic carbocycles. The third-order valence-electron chi connectivity index (χ3n) is 2.73. The van der Waals surface area contributed by atoms with Crippen molar-refractivity contribution < 1.29 is 23.9 Å². The molecule has 0 aromatic heterocycles. The van der Waals surface area contributed by atoms with Gasteiger partial charge in [0.15, 0.2) is 0 Å². The Morgan fingerprint density at radius 2 is 1.40 bits per heavy atom. The third-order valence-corrected chi connectivity index (χ3v) is 2.73. The van der Waals surface area contributed by atoms with Gasteiger partial charge in [-0.25, -0.2) is 14.4 Å². The van der Waals surface area contributed by atoms with Gasteiger partial charge in [-0.2, -0.15) is 0 Å². The van der Waals surface area contributed by atoms with Crippen molar-refractivity contribution in [2.24, 2.45) is 0 Å². The molecular weight excluding hydrogens is 264 g/mol. The fourth-order valence-electron chi connectivity index (χ4n) is 1.68. The lowest BCUT2D eigenvalue weighted by Crippen LogP contribution is -2.36. The van der Waals surface area contributed by atoms with Gasteiger partial charge in [-0.05, 0) is 0 Å². The molecule has 1 rings (SSSR count). The van der Waals surface area contributed by atoms with Crippen LogP contribution in [0.3, 0.4) is 0 Å². The van der Waals surface area contributed by atoms with E-state index >= 15 is 0 Å². The van der Waals surface area contributed by atoms with Crippen molar-refractivity contribution in [2.45, 2.75) is 0 Å². The average Bonchev–Trinajstić information content (AvgIpc) is 2.80. The molecule has 1 fully saturated rings. The highest BCUT2D eigenvalue weighted by atomic mass is 16.5. The molecule has 0 aromatic carbocycles. The molecule has 0 atom stereocenters. The van der Waals surface area contributed by atoms with Crippen molar-refractivity contribution in [1.29, 1.82) is 0 Å². The predicted molar refractivity (Wildman–Crippen MR) is 70.9 cm³/mol. The van der Waals surface area contributed by atoms with Crippen LogP contribution in [-0.4, -0.2) is 67.2 Å². The van der Waals surface area contributed by atoms with Crippen molar-refractivity contribution in [3.63, 3.8) is 0 Å². The van der Waals surface area contributed by atoms with E-state index in [0.29, 0.717) is 26.2 Å². The summed E-state index contributed by atoms with van der Waals surface area (Å²) < 4.78 is 9.63. The lowest BCUT2D eigenvalue weighted by atomic mass is 10.5. The van der Waals surface area contributed by atoms with Gasteiger partial charge in [0, 0.05) is 25.2 Å². The number of carbonyl (C=O) groups excluding carboxylic acids is 3. The summed E-state index contributed by atoms with van der Waals surface area (Å²) >= 11 is 0. The Bertz CT molecular complexity index is 372. The van der Waals surface area contributed by atoms with Gasteiger partial charge in [-0.3, -0.25) is 0 Å². The van der Waals surface area contributed by atoms with Gasteiger partial charge in [0.1, 0.15) is 13.2 Å². The maximum atomic E-state index is 11.9. The van der Waals surface area contributed by atoms with Crippen LogP contribution < -0.4 is 0 Å². The second-order valence-electron chi connectivity index (χ2n) is 4.00. The first-order valence-corrected chi connectivity index (χ1v) is 6.20. The molecule has 0 radical (unpaired) electrons. The average molecular weight is 282 g/mol. The maximum Gasteiger partial charge on any atom is 0.330 e. The second kappa shape index (κ2) is 7.98. The van der Waals surface area contributed by atoms with E-state index in [2.05, 4.69) is 13.2 Å². The SMILES string of the molecule is C=CC(=O)OCCN1CCN(CCOC(=O)C=C)C1=O. The number of urea groups is 1. The van der Waals surface area contributed by atoms with E-state index in [9.17, 15) is 14.4 Å². The monoisotopic (exact) mass is 282 g/mol. The standard InChI is InChI=1S/C13H18N2O5/c1-3-11(16)19-9-7-14-5-6-15(13(14)18)8-10-20-12(17)4-2/h3-4H,1-2,5-10H2. The summed E-state index contributed by atoms with van der Waals surface area (Å²) in [4.78, 5) is 36.8. The minimum absolute atomic E-state index is 0.135. The molecule has 20 heavy (non-hydrogen) atoms. The quantitative estimate of drug-likeness (QED) is 0.469. The van der Waals surface area contributed by atoms with Gasteiger partial charge in [0.25, 0.3) is 0 Å². The van der Waals surface area contributed by atoms with E-state index in [4.69, 9.17) is 9.47 Å². The largest absolute Gasteiger partial charge is 0.461 e. The van der Waals surface area contributed by atoms with Crippen LogP contribution in [-0.2, 0) is 19.1 Å². The van der Waals surface area contributed by atoms with Crippen LogP contribution in [0.5, 0.6) is 0 Å². The van der Waals surface area contributed by atoms with Gasteiger partial charge in [0.05, 0.1) is 13.1 Å². The first kappa shape index (κ1) is 15.7. The molecule has 0 saturated carbocycles. The summed E-state index contributed by atoms with van der Waals surface area (Å²) in [7, 11) is 0. The van der Waals surface area contributed by atoms with Gasteiger partial charge in [-0.1, -0.05) is 13.2 Å². The summed E-state index contributed by atoms with van der Waals surface area (Å²) in [5.74, 6) is -1.02. The minimum Gasteiger partial charge on any atom is -0.461 e. The van der Waals surface area contributed by atoms with Crippen molar-refractivity contribution >= 4 is 18.0 Å². The number of hydrogen-bond donors (Lipinski definition) is 0. The van der Waals surface area contributed by atoms with Crippen LogP contribution in [0.2, 0.25) is 0 Å². The third kappa shape index (κ3) is 4.75. The van der Waals surface area contributed by atoms with Gasteiger partial charge >= 0.3 is 18.0 Å². The topological polar surface area (TPSA) is 76.2 Å². The van der Waals surface area contributed by atoms with Crippen LogP contribution >= 0.6 is 0 Å². The summed E-state index contributed by atoms with van der Waals surface area (Å²) in [5, 5.41) is 0. The number of ether oxygens (including phenoxy) is 2. The summed E-state index contributed by atoms with van der Waals surface area (Å²) in [6.07, 6.45) is 2.15. The lowest BCUT2D eigenvalue weighted by molar-refractivity contribution is -0.138. The molecule has 2 amide bonds.